The van der Waals surface area contributed by atoms with Gasteiger partial charge in [0.25, 0.3) is 0 Å². The Labute approximate surface area is 125 Å². The normalized spacial score (nSPS) is 18.2. The van der Waals surface area contributed by atoms with Crippen molar-refractivity contribution in [3.63, 3.8) is 0 Å². The Morgan fingerprint density at radius 2 is 1.81 bits per heavy atom. The lowest BCUT2D eigenvalue weighted by molar-refractivity contribution is 0.222. The molecule has 0 amide bonds. The van der Waals surface area contributed by atoms with Gasteiger partial charge in [0.2, 0.25) is 10.0 Å². The molecule has 6 heteroatoms. The number of piperazine rings is 1. The molecular formula is C15H19N3O2S. The largest absolute Gasteiger partial charge is 0.304 e. The summed E-state index contributed by atoms with van der Waals surface area (Å²) < 4.78 is 27.4. The molecule has 21 heavy (non-hydrogen) atoms. The molecule has 0 aliphatic carbocycles. The quantitative estimate of drug-likeness (QED) is 0.843. The number of sulfonamides is 1. The molecule has 3 rings (SSSR count). The Morgan fingerprint density at radius 1 is 1.10 bits per heavy atom. The molecule has 0 atom stereocenters. The second kappa shape index (κ2) is 5.36. The molecule has 0 N–H and O–H groups in total. The maximum Gasteiger partial charge on any atom is 0.243 e. The number of benzene rings is 1. The number of hydrogen-bond acceptors (Lipinski definition) is 4. The number of hydrogen-bond donors (Lipinski definition) is 0. The molecule has 5 nitrogen and oxygen atoms in total. The summed E-state index contributed by atoms with van der Waals surface area (Å²) in [7, 11) is -1.45. The Morgan fingerprint density at radius 3 is 2.52 bits per heavy atom. The first-order chi connectivity index (χ1) is 10.00. The van der Waals surface area contributed by atoms with Gasteiger partial charge in [0.15, 0.2) is 0 Å². The number of fused-ring (bicyclic) bond motifs is 1. The van der Waals surface area contributed by atoms with Crippen LogP contribution in [0.5, 0.6) is 0 Å². The first-order valence-corrected chi connectivity index (χ1v) is 8.47. The topological polar surface area (TPSA) is 53.5 Å². The highest BCUT2D eigenvalue weighted by Crippen LogP contribution is 2.27. The standard InChI is InChI=1S/C15H19N3O2S/c1-12-5-6-14(13-4-3-7-16-15(12)13)21(19,20)18-10-8-17(2)9-11-18/h3-7H,8-11H2,1-2H3. The summed E-state index contributed by atoms with van der Waals surface area (Å²) in [5.74, 6) is 0. The maximum absolute atomic E-state index is 12.9. The highest BCUT2D eigenvalue weighted by Gasteiger charge is 2.29. The van der Waals surface area contributed by atoms with Crippen molar-refractivity contribution in [2.45, 2.75) is 11.8 Å². The van der Waals surface area contributed by atoms with E-state index in [4.69, 9.17) is 0 Å². The number of rotatable bonds is 2. The molecule has 1 aliphatic rings. The Bertz CT molecular complexity index is 766. The van der Waals surface area contributed by atoms with Gasteiger partial charge in [-0.25, -0.2) is 8.42 Å². The van der Waals surface area contributed by atoms with E-state index in [0.29, 0.717) is 23.4 Å². The summed E-state index contributed by atoms with van der Waals surface area (Å²) in [5.41, 5.74) is 1.75. The highest BCUT2D eigenvalue weighted by molar-refractivity contribution is 7.89. The van der Waals surface area contributed by atoms with Crippen LogP contribution < -0.4 is 0 Å². The second-order valence-electron chi connectivity index (χ2n) is 5.49. The average molecular weight is 305 g/mol. The van der Waals surface area contributed by atoms with Crippen LogP contribution in [0.2, 0.25) is 0 Å². The maximum atomic E-state index is 12.9. The van der Waals surface area contributed by atoms with Crippen LogP contribution in [0, 0.1) is 6.92 Å². The highest BCUT2D eigenvalue weighted by atomic mass is 32.2. The number of aromatic nitrogens is 1. The van der Waals surface area contributed by atoms with Crippen LogP contribution in [-0.2, 0) is 10.0 Å². The summed E-state index contributed by atoms with van der Waals surface area (Å²) >= 11 is 0. The number of aryl methyl sites for hydroxylation is 1. The zero-order valence-electron chi connectivity index (χ0n) is 12.3. The smallest absolute Gasteiger partial charge is 0.243 e. The summed E-state index contributed by atoms with van der Waals surface area (Å²) in [6.45, 7) is 4.55. The van der Waals surface area contributed by atoms with Gasteiger partial charge in [0, 0.05) is 37.8 Å². The molecule has 0 spiro atoms. The molecule has 1 aromatic heterocycles. The fraction of sp³-hybridized carbons (Fsp3) is 0.400. The summed E-state index contributed by atoms with van der Waals surface area (Å²) in [4.78, 5) is 6.82. The predicted molar refractivity (Wildman–Crippen MR) is 82.7 cm³/mol. The van der Waals surface area contributed by atoms with E-state index >= 15 is 0 Å². The molecular weight excluding hydrogens is 286 g/mol. The second-order valence-corrected chi connectivity index (χ2v) is 7.39. The fourth-order valence-electron chi connectivity index (χ4n) is 2.68. The first-order valence-electron chi connectivity index (χ1n) is 7.03. The molecule has 0 saturated carbocycles. The van der Waals surface area contributed by atoms with Crippen molar-refractivity contribution in [2.75, 3.05) is 33.2 Å². The Hall–Kier alpha value is -1.50. The third-order valence-electron chi connectivity index (χ3n) is 4.01. The first kappa shape index (κ1) is 14.4. The minimum Gasteiger partial charge on any atom is -0.304 e. The van der Waals surface area contributed by atoms with Crippen molar-refractivity contribution < 1.29 is 8.42 Å². The molecule has 112 valence electrons. The average Bonchev–Trinajstić information content (AvgIpc) is 2.48. The molecule has 1 fully saturated rings. The molecule has 0 unspecified atom stereocenters. The van der Waals surface area contributed by atoms with Gasteiger partial charge in [-0.15, -0.1) is 0 Å². The Kier molecular flexibility index (Phi) is 3.69. The Balaban J connectivity index is 2.09. The lowest BCUT2D eigenvalue weighted by Gasteiger charge is -2.31. The van der Waals surface area contributed by atoms with Crippen molar-refractivity contribution in [1.82, 2.24) is 14.2 Å². The van der Waals surface area contributed by atoms with Crippen LogP contribution in [0.15, 0.2) is 35.4 Å². The SMILES string of the molecule is Cc1ccc(S(=O)(=O)N2CCN(C)CC2)c2cccnc12. The van der Waals surface area contributed by atoms with E-state index in [1.54, 1.807) is 22.6 Å². The number of likely N-dealkylation sites (N-methyl/N-ethyl adjacent to an activating group) is 1. The van der Waals surface area contributed by atoms with E-state index in [2.05, 4.69) is 9.88 Å². The molecule has 1 aromatic carbocycles. The van der Waals surface area contributed by atoms with Gasteiger partial charge in [-0.1, -0.05) is 6.07 Å². The van der Waals surface area contributed by atoms with E-state index in [-0.39, 0.29) is 0 Å². The van der Waals surface area contributed by atoms with Crippen LogP contribution >= 0.6 is 0 Å². The van der Waals surface area contributed by atoms with Crippen molar-refractivity contribution in [3.05, 3.63) is 36.0 Å². The van der Waals surface area contributed by atoms with Gasteiger partial charge in [-0.05, 0) is 37.7 Å². The number of pyridine rings is 1. The molecule has 0 radical (unpaired) electrons. The lowest BCUT2D eigenvalue weighted by atomic mass is 10.1. The molecule has 1 saturated heterocycles. The zero-order valence-corrected chi connectivity index (χ0v) is 13.1. The fourth-order valence-corrected chi connectivity index (χ4v) is 4.29. The van der Waals surface area contributed by atoms with Gasteiger partial charge in [0.05, 0.1) is 10.4 Å². The summed E-state index contributed by atoms with van der Waals surface area (Å²) in [5, 5.41) is 0.705. The van der Waals surface area contributed by atoms with Crippen LogP contribution in [-0.4, -0.2) is 55.8 Å². The van der Waals surface area contributed by atoms with Gasteiger partial charge < -0.3 is 4.90 Å². The van der Waals surface area contributed by atoms with E-state index in [9.17, 15) is 8.42 Å². The predicted octanol–water partition coefficient (Wildman–Crippen LogP) is 1.48. The van der Waals surface area contributed by atoms with Gasteiger partial charge in [-0.2, -0.15) is 4.31 Å². The monoisotopic (exact) mass is 305 g/mol. The van der Waals surface area contributed by atoms with Crippen LogP contribution in [0.1, 0.15) is 5.56 Å². The molecule has 2 heterocycles. The van der Waals surface area contributed by atoms with Gasteiger partial charge in [0.1, 0.15) is 0 Å². The minimum atomic E-state index is -3.46. The minimum absolute atomic E-state index is 0.362. The van der Waals surface area contributed by atoms with Gasteiger partial charge in [-0.3, -0.25) is 4.98 Å². The van der Waals surface area contributed by atoms with Gasteiger partial charge >= 0.3 is 0 Å². The van der Waals surface area contributed by atoms with E-state index < -0.39 is 10.0 Å². The third kappa shape index (κ3) is 2.54. The zero-order chi connectivity index (χ0) is 15.0. The van der Waals surface area contributed by atoms with E-state index in [1.807, 2.05) is 26.1 Å². The van der Waals surface area contributed by atoms with Crippen LogP contribution in [0.3, 0.4) is 0 Å². The third-order valence-corrected chi connectivity index (χ3v) is 5.97. The molecule has 1 aliphatic heterocycles. The van der Waals surface area contributed by atoms with E-state index in [0.717, 1.165) is 24.2 Å². The summed E-state index contributed by atoms with van der Waals surface area (Å²) in [6, 6.07) is 7.15. The molecule has 0 bridgehead atoms. The number of nitrogens with zero attached hydrogens (tertiary/aromatic N) is 3. The summed E-state index contributed by atoms with van der Waals surface area (Å²) in [6.07, 6.45) is 1.70. The van der Waals surface area contributed by atoms with Crippen molar-refractivity contribution >= 4 is 20.9 Å². The lowest BCUT2D eigenvalue weighted by Crippen LogP contribution is -2.47. The van der Waals surface area contributed by atoms with Crippen molar-refractivity contribution in [2.24, 2.45) is 0 Å². The van der Waals surface area contributed by atoms with Crippen LogP contribution in [0.25, 0.3) is 10.9 Å². The van der Waals surface area contributed by atoms with Crippen molar-refractivity contribution in [1.29, 1.82) is 0 Å². The molecule has 2 aromatic rings. The van der Waals surface area contributed by atoms with Crippen LogP contribution in [0.4, 0.5) is 0 Å². The van der Waals surface area contributed by atoms with Crippen molar-refractivity contribution in [3.8, 4) is 0 Å². The van der Waals surface area contributed by atoms with E-state index in [1.165, 1.54) is 0 Å².